The van der Waals surface area contributed by atoms with E-state index in [0.29, 0.717) is 10.7 Å². The lowest BCUT2D eigenvalue weighted by Crippen LogP contribution is -2.22. The first-order valence-electron chi connectivity index (χ1n) is 4.62. The number of carbonyl (C=O) groups is 1. The van der Waals surface area contributed by atoms with Gasteiger partial charge in [-0.25, -0.2) is 4.79 Å². The number of benzene rings is 1. The molecule has 0 saturated carbocycles. The van der Waals surface area contributed by atoms with E-state index in [1.54, 1.807) is 24.3 Å². The van der Waals surface area contributed by atoms with Crippen LogP contribution >= 0.6 is 23.2 Å². The van der Waals surface area contributed by atoms with Crippen molar-refractivity contribution in [3.63, 3.8) is 0 Å². The maximum Gasteiger partial charge on any atom is 0.350 e. The molecule has 0 radical (unpaired) electrons. The van der Waals surface area contributed by atoms with Crippen molar-refractivity contribution in [1.82, 2.24) is 14.3 Å². The van der Waals surface area contributed by atoms with Crippen LogP contribution in [-0.2, 0) is 7.05 Å². The van der Waals surface area contributed by atoms with Crippen LogP contribution in [0.5, 0.6) is 0 Å². The molecule has 0 N–H and O–H groups in total. The first kappa shape index (κ1) is 11.9. The number of rotatable bonds is 2. The average molecular weight is 272 g/mol. The van der Waals surface area contributed by atoms with Crippen molar-refractivity contribution in [2.24, 2.45) is 7.05 Å². The second kappa shape index (κ2) is 4.35. The molecule has 0 unspecified atom stereocenters. The van der Waals surface area contributed by atoms with Crippen molar-refractivity contribution in [3.8, 4) is 5.69 Å². The van der Waals surface area contributed by atoms with Gasteiger partial charge in [-0.05, 0) is 35.9 Å². The Balaban J connectivity index is 2.61. The topological polar surface area (TPSA) is 56.9 Å². The van der Waals surface area contributed by atoms with E-state index in [1.165, 1.54) is 7.05 Å². The first-order chi connectivity index (χ1) is 8.00. The van der Waals surface area contributed by atoms with Gasteiger partial charge in [0.25, 0.3) is 5.24 Å². The fraction of sp³-hybridized carbons (Fsp3) is 0.100. The van der Waals surface area contributed by atoms with Gasteiger partial charge in [-0.2, -0.15) is 4.68 Å². The molecule has 88 valence electrons. The molecule has 7 heteroatoms. The van der Waals surface area contributed by atoms with Gasteiger partial charge in [0, 0.05) is 12.1 Å². The Kier molecular flexibility index (Phi) is 3.04. The predicted octanol–water partition coefficient (Wildman–Crippen LogP) is 1.60. The number of aromatic nitrogens is 3. The van der Waals surface area contributed by atoms with Crippen LogP contribution in [0.1, 0.15) is 10.6 Å². The summed E-state index contributed by atoms with van der Waals surface area (Å²) in [4.78, 5) is 22.8. The van der Waals surface area contributed by atoms with Gasteiger partial charge in [0.15, 0.2) is 0 Å². The number of carbonyl (C=O) groups excluding carboxylic acids is 1. The van der Waals surface area contributed by atoms with Gasteiger partial charge in [-0.15, -0.1) is 5.10 Å². The molecule has 0 aliphatic heterocycles. The molecule has 0 spiro atoms. The van der Waals surface area contributed by atoms with Crippen LogP contribution in [0.2, 0.25) is 5.02 Å². The lowest BCUT2D eigenvalue weighted by Gasteiger charge is -1.98. The number of halogens is 2. The average Bonchev–Trinajstić information content (AvgIpc) is 2.58. The lowest BCUT2D eigenvalue weighted by molar-refractivity contribution is 0.106. The molecule has 2 aromatic rings. The molecule has 2 rings (SSSR count). The van der Waals surface area contributed by atoms with E-state index in [0.717, 1.165) is 9.25 Å². The zero-order valence-corrected chi connectivity index (χ0v) is 10.2. The summed E-state index contributed by atoms with van der Waals surface area (Å²) in [6, 6.07) is 6.50. The summed E-state index contributed by atoms with van der Waals surface area (Å²) >= 11 is 11.0. The SMILES string of the molecule is Cn1c(C(=O)Cl)nn(-c2ccc(Cl)cc2)c1=O. The normalized spacial score (nSPS) is 10.5. The fourth-order valence-electron chi connectivity index (χ4n) is 1.36. The van der Waals surface area contributed by atoms with E-state index in [-0.39, 0.29) is 5.82 Å². The Morgan fingerprint density at radius 1 is 1.29 bits per heavy atom. The number of hydrogen-bond acceptors (Lipinski definition) is 3. The van der Waals surface area contributed by atoms with E-state index >= 15 is 0 Å². The van der Waals surface area contributed by atoms with Gasteiger partial charge < -0.3 is 0 Å². The molecule has 1 aromatic carbocycles. The minimum atomic E-state index is -0.780. The van der Waals surface area contributed by atoms with Gasteiger partial charge in [0.1, 0.15) is 0 Å². The van der Waals surface area contributed by atoms with E-state index in [1.807, 2.05) is 0 Å². The Hall–Kier alpha value is -1.59. The van der Waals surface area contributed by atoms with Crippen LogP contribution in [0.25, 0.3) is 5.69 Å². The highest BCUT2D eigenvalue weighted by Crippen LogP contribution is 2.11. The first-order valence-corrected chi connectivity index (χ1v) is 5.38. The highest BCUT2D eigenvalue weighted by atomic mass is 35.5. The van der Waals surface area contributed by atoms with Crippen molar-refractivity contribution in [1.29, 1.82) is 0 Å². The zero-order chi connectivity index (χ0) is 12.6. The van der Waals surface area contributed by atoms with Crippen LogP contribution in [-0.4, -0.2) is 19.6 Å². The molecule has 17 heavy (non-hydrogen) atoms. The highest BCUT2D eigenvalue weighted by Gasteiger charge is 2.16. The monoisotopic (exact) mass is 271 g/mol. The summed E-state index contributed by atoms with van der Waals surface area (Å²) < 4.78 is 2.18. The van der Waals surface area contributed by atoms with Gasteiger partial charge in [-0.1, -0.05) is 11.6 Å². The molecule has 0 bridgehead atoms. The summed E-state index contributed by atoms with van der Waals surface area (Å²) in [6.07, 6.45) is 0. The summed E-state index contributed by atoms with van der Waals surface area (Å²) in [5.41, 5.74) is 0.0653. The Morgan fingerprint density at radius 2 is 1.88 bits per heavy atom. The third-order valence-corrected chi connectivity index (χ3v) is 2.65. The molecule has 5 nitrogen and oxygen atoms in total. The minimum Gasteiger partial charge on any atom is -0.274 e. The van der Waals surface area contributed by atoms with Crippen molar-refractivity contribution < 1.29 is 4.79 Å². The number of hydrogen-bond donors (Lipinski definition) is 0. The van der Waals surface area contributed by atoms with Crippen LogP contribution in [0.15, 0.2) is 29.1 Å². The maximum atomic E-state index is 11.8. The zero-order valence-electron chi connectivity index (χ0n) is 8.72. The Labute approximate surface area is 106 Å². The highest BCUT2D eigenvalue weighted by molar-refractivity contribution is 6.67. The van der Waals surface area contributed by atoms with Gasteiger partial charge in [0.2, 0.25) is 5.82 Å². The van der Waals surface area contributed by atoms with Gasteiger partial charge in [-0.3, -0.25) is 9.36 Å². The molecule has 0 fully saturated rings. The third kappa shape index (κ3) is 2.11. The third-order valence-electron chi connectivity index (χ3n) is 2.23. The molecule has 0 atom stereocenters. The van der Waals surface area contributed by atoms with Crippen molar-refractivity contribution in [2.45, 2.75) is 0 Å². The molecule has 0 aliphatic carbocycles. The summed E-state index contributed by atoms with van der Waals surface area (Å²) in [5, 5.41) is 3.62. The van der Waals surface area contributed by atoms with Crippen LogP contribution < -0.4 is 5.69 Å². The molecule has 0 amide bonds. The van der Waals surface area contributed by atoms with Gasteiger partial charge in [0.05, 0.1) is 5.69 Å². The Morgan fingerprint density at radius 3 is 2.35 bits per heavy atom. The summed E-state index contributed by atoms with van der Waals surface area (Å²) in [7, 11) is 1.43. The minimum absolute atomic E-state index is 0.105. The standard InChI is InChI=1S/C10H7Cl2N3O2/c1-14-9(8(12)16)13-15(10(14)17)7-4-2-6(11)3-5-7/h2-5H,1H3. The lowest BCUT2D eigenvalue weighted by atomic mass is 10.3. The second-order valence-corrected chi connectivity index (χ2v) is 4.11. The maximum absolute atomic E-state index is 11.8. The molecule has 0 saturated heterocycles. The smallest absolute Gasteiger partial charge is 0.274 e. The van der Waals surface area contributed by atoms with E-state index < -0.39 is 10.9 Å². The van der Waals surface area contributed by atoms with Crippen molar-refractivity contribution >= 4 is 28.4 Å². The molecule has 1 aromatic heterocycles. The van der Waals surface area contributed by atoms with Crippen molar-refractivity contribution in [2.75, 3.05) is 0 Å². The van der Waals surface area contributed by atoms with Crippen molar-refractivity contribution in [3.05, 3.63) is 45.6 Å². The molecular formula is C10H7Cl2N3O2. The fourth-order valence-corrected chi connectivity index (χ4v) is 1.65. The summed E-state index contributed by atoms with van der Waals surface area (Å²) in [6.45, 7) is 0. The molecule has 1 heterocycles. The van der Waals surface area contributed by atoms with Gasteiger partial charge >= 0.3 is 5.69 Å². The largest absolute Gasteiger partial charge is 0.350 e. The second-order valence-electron chi connectivity index (χ2n) is 3.33. The van der Waals surface area contributed by atoms with Crippen LogP contribution in [0.3, 0.4) is 0 Å². The summed E-state index contributed by atoms with van der Waals surface area (Å²) in [5.74, 6) is -0.105. The number of nitrogens with zero attached hydrogens (tertiary/aromatic N) is 3. The Bertz CT molecular complexity index is 628. The molecular weight excluding hydrogens is 265 g/mol. The predicted molar refractivity (Wildman–Crippen MR) is 64.0 cm³/mol. The van der Waals surface area contributed by atoms with E-state index in [4.69, 9.17) is 23.2 Å². The quantitative estimate of drug-likeness (QED) is 0.780. The van der Waals surface area contributed by atoms with E-state index in [9.17, 15) is 9.59 Å². The van der Waals surface area contributed by atoms with E-state index in [2.05, 4.69) is 5.10 Å². The molecule has 0 aliphatic rings. The van der Waals surface area contributed by atoms with Crippen LogP contribution in [0.4, 0.5) is 0 Å². The van der Waals surface area contributed by atoms with Crippen LogP contribution in [0, 0.1) is 0 Å².